The van der Waals surface area contributed by atoms with Crippen LogP contribution in [0.4, 0.5) is 0 Å². The standard InChI is InChI=1S/C9H17N/c1-3-8(2)10-9-6-4-5-7-9/h9-10H,2-7H2,1H3. The molecule has 0 aromatic carbocycles. The summed E-state index contributed by atoms with van der Waals surface area (Å²) in [6.07, 6.45) is 6.55. The van der Waals surface area contributed by atoms with Crippen LogP contribution in [0.3, 0.4) is 0 Å². The fraction of sp³-hybridized carbons (Fsp3) is 0.778. The Morgan fingerprint density at radius 2 is 2.10 bits per heavy atom. The number of hydrogen-bond donors (Lipinski definition) is 1. The van der Waals surface area contributed by atoms with E-state index < -0.39 is 0 Å². The van der Waals surface area contributed by atoms with Crippen molar-refractivity contribution in [3.05, 3.63) is 12.3 Å². The van der Waals surface area contributed by atoms with Crippen LogP contribution in [-0.2, 0) is 0 Å². The Bertz CT molecular complexity index is 112. The summed E-state index contributed by atoms with van der Waals surface area (Å²) in [5.74, 6) is 0. The zero-order valence-corrected chi connectivity index (χ0v) is 6.82. The fourth-order valence-corrected chi connectivity index (χ4v) is 1.46. The van der Waals surface area contributed by atoms with Crippen LogP contribution >= 0.6 is 0 Å². The van der Waals surface area contributed by atoms with Crippen LogP contribution in [0.15, 0.2) is 12.3 Å². The summed E-state index contributed by atoms with van der Waals surface area (Å²) in [7, 11) is 0. The average Bonchev–Trinajstić information content (AvgIpc) is 2.40. The molecule has 1 saturated carbocycles. The number of nitrogens with one attached hydrogen (secondary N) is 1. The molecule has 0 unspecified atom stereocenters. The summed E-state index contributed by atoms with van der Waals surface area (Å²) in [4.78, 5) is 0. The topological polar surface area (TPSA) is 12.0 Å². The van der Waals surface area contributed by atoms with E-state index in [0.717, 1.165) is 12.5 Å². The van der Waals surface area contributed by atoms with Crippen molar-refractivity contribution in [1.82, 2.24) is 5.32 Å². The lowest BCUT2D eigenvalue weighted by atomic mass is 10.2. The van der Waals surface area contributed by atoms with E-state index in [1.54, 1.807) is 0 Å². The maximum absolute atomic E-state index is 3.93. The molecule has 0 aromatic heterocycles. The molecule has 0 radical (unpaired) electrons. The predicted molar refractivity (Wildman–Crippen MR) is 44.8 cm³/mol. The highest BCUT2D eigenvalue weighted by atomic mass is 14.9. The molecule has 1 fully saturated rings. The molecular formula is C9H17N. The Labute approximate surface area is 63.5 Å². The summed E-state index contributed by atoms with van der Waals surface area (Å²) in [6.45, 7) is 6.07. The third-order valence-corrected chi connectivity index (χ3v) is 2.19. The van der Waals surface area contributed by atoms with Gasteiger partial charge in [-0.05, 0) is 19.3 Å². The maximum atomic E-state index is 3.93. The molecule has 0 heterocycles. The van der Waals surface area contributed by atoms with Crippen LogP contribution in [-0.4, -0.2) is 6.04 Å². The van der Waals surface area contributed by atoms with Gasteiger partial charge >= 0.3 is 0 Å². The van der Waals surface area contributed by atoms with Crippen molar-refractivity contribution in [2.45, 2.75) is 45.1 Å². The summed E-state index contributed by atoms with van der Waals surface area (Å²) in [6, 6.07) is 0.743. The first-order chi connectivity index (χ1) is 4.83. The normalized spacial score (nSPS) is 19.3. The third kappa shape index (κ3) is 2.05. The number of hydrogen-bond acceptors (Lipinski definition) is 1. The predicted octanol–water partition coefficient (Wildman–Crippen LogP) is 2.44. The van der Waals surface area contributed by atoms with Gasteiger partial charge in [-0.15, -0.1) is 0 Å². The Kier molecular flexibility index (Phi) is 2.79. The third-order valence-electron chi connectivity index (χ3n) is 2.19. The van der Waals surface area contributed by atoms with Gasteiger partial charge in [-0.1, -0.05) is 26.3 Å². The molecular weight excluding hydrogens is 122 g/mol. The average molecular weight is 139 g/mol. The summed E-state index contributed by atoms with van der Waals surface area (Å²) >= 11 is 0. The zero-order valence-electron chi connectivity index (χ0n) is 6.82. The Balaban J connectivity index is 2.17. The number of rotatable bonds is 3. The smallest absolute Gasteiger partial charge is 0.0258 e. The second-order valence-corrected chi connectivity index (χ2v) is 3.08. The van der Waals surface area contributed by atoms with E-state index in [0.29, 0.717) is 0 Å². The van der Waals surface area contributed by atoms with Gasteiger partial charge in [0.15, 0.2) is 0 Å². The Morgan fingerprint density at radius 3 is 2.60 bits per heavy atom. The van der Waals surface area contributed by atoms with E-state index in [9.17, 15) is 0 Å². The van der Waals surface area contributed by atoms with Gasteiger partial charge in [0.25, 0.3) is 0 Å². The van der Waals surface area contributed by atoms with Crippen molar-refractivity contribution in [3.8, 4) is 0 Å². The van der Waals surface area contributed by atoms with Gasteiger partial charge in [-0.3, -0.25) is 0 Å². The molecule has 1 aliphatic carbocycles. The number of allylic oxidation sites excluding steroid dienone is 1. The first-order valence-electron chi connectivity index (χ1n) is 4.27. The lowest BCUT2D eigenvalue weighted by Crippen LogP contribution is -2.24. The van der Waals surface area contributed by atoms with Crippen LogP contribution in [0.1, 0.15) is 39.0 Å². The summed E-state index contributed by atoms with van der Waals surface area (Å²) in [5.41, 5.74) is 1.20. The molecule has 1 N–H and O–H groups in total. The van der Waals surface area contributed by atoms with E-state index >= 15 is 0 Å². The van der Waals surface area contributed by atoms with E-state index in [1.165, 1.54) is 31.4 Å². The molecule has 0 amide bonds. The lowest BCUT2D eigenvalue weighted by Gasteiger charge is -2.13. The molecule has 0 bridgehead atoms. The molecule has 1 aliphatic rings. The molecule has 0 aliphatic heterocycles. The zero-order chi connectivity index (χ0) is 7.40. The maximum Gasteiger partial charge on any atom is 0.0258 e. The van der Waals surface area contributed by atoms with Gasteiger partial charge in [0.1, 0.15) is 0 Å². The summed E-state index contributed by atoms with van der Waals surface area (Å²) < 4.78 is 0. The highest BCUT2D eigenvalue weighted by Crippen LogP contribution is 2.18. The van der Waals surface area contributed by atoms with Gasteiger partial charge in [0, 0.05) is 11.7 Å². The summed E-state index contributed by atoms with van der Waals surface area (Å²) in [5, 5.41) is 3.43. The molecule has 10 heavy (non-hydrogen) atoms. The fourth-order valence-electron chi connectivity index (χ4n) is 1.46. The van der Waals surface area contributed by atoms with Gasteiger partial charge in [0.2, 0.25) is 0 Å². The molecule has 1 rings (SSSR count). The minimum absolute atomic E-state index is 0.743. The first kappa shape index (κ1) is 7.64. The van der Waals surface area contributed by atoms with Crippen LogP contribution in [0.25, 0.3) is 0 Å². The van der Waals surface area contributed by atoms with Gasteiger partial charge in [-0.25, -0.2) is 0 Å². The second-order valence-electron chi connectivity index (χ2n) is 3.08. The molecule has 0 saturated heterocycles. The van der Waals surface area contributed by atoms with Crippen molar-refractivity contribution in [2.75, 3.05) is 0 Å². The van der Waals surface area contributed by atoms with Gasteiger partial charge in [0.05, 0.1) is 0 Å². The molecule has 0 atom stereocenters. The monoisotopic (exact) mass is 139 g/mol. The first-order valence-corrected chi connectivity index (χ1v) is 4.27. The minimum atomic E-state index is 0.743. The lowest BCUT2D eigenvalue weighted by molar-refractivity contribution is 0.575. The Hall–Kier alpha value is -0.460. The van der Waals surface area contributed by atoms with Crippen LogP contribution in [0.5, 0.6) is 0 Å². The van der Waals surface area contributed by atoms with Crippen molar-refractivity contribution < 1.29 is 0 Å². The molecule has 0 aromatic rings. The van der Waals surface area contributed by atoms with E-state index in [4.69, 9.17) is 0 Å². The molecule has 0 spiro atoms. The van der Waals surface area contributed by atoms with Crippen LogP contribution in [0, 0.1) is 0 Å². The van der Waals surface area contributed by atoms with Crippen molar-refractivity contribution >= 4 is 0 Å². The van der Waals surface area contributed by atoms with Crippen LogP contribution < -0.4 is 5.32 Å². The van der Waals surface area contributed by atoms with E-state index in [-0.39, 0.29) is 0 Å². The highest BCUT2D eigenvalue weighted by Gasteiger charge is 2.13. The van der Waals surface area contributed by atoms with Crippen molar-refractivity contribution in [3.63, 3.8) is 0 Å². The quantitative estimate of drug-likeness (QED) is 0.633. The van der Waals surface area contributed by atoms with Gasteiger partial charge in [-0.2, -0.15) is 0 Å². The molecule has 1 heteroatoms. The molecule has 58 valence electrons. The van der Waals surface area contributed by atoms with E-state index in [1.807, 2.05) is 0 Å². The minimum Gasteiger partial charge on any atom is -0.386 e. The highest BCUT2D eigenvalue weighted by molar-refractivity contribution is 4.93. The van der Waals surface area contributed by atoms with Gasteiger partial charge < -0.3 is 5.32 Å². The van der Waals surface area contributed by atoms with Crippen molar-refractivity contribution in [2.24, 2.45) is 0 Å². The van der Waals surface area contributed by atoms with E-state index in [2.05, 4.69) is 18.8 Å². The Morgan fingerprint density at radius 1 is 1.50 bits per heavy atom. The second kappa shape index (κ2) is 3.65. The van der Waals surface area contributed by atoms with Crippen LogP contribution in [0.2, 0.25) is 0 Å². The molecule has 1 nitrogen and oxygen atoms in total. The largest absolute Gasteiger partial charge is 0.386 e. The van der Waals surface area contributed by atoms with Crippen molar-refractivity contribution in [1.29, 1.82) is 0 Å². The SMILES string of the molecule is C=C(CC)NC1CCCC1.